The first-order chi connectivity index (χ1) is 9.16. The molecule has 0 aromatic heterocycles. The normalized spacial score (nSPS) is 11.2. The minimum atomic E-state index is 0.542. The van der Waals surface area contributed by atoms with Crippen molar-refractivity contribution < 1.29 is 4.74 Å². The third kappa shape index (κ3) is 3.55. The molecule has 0 bridgehead atoms. The molecule has 19 heavy (non-hydrogen) atoms. The third-order valence-electron chi connectivity index (χ3n) is 2.65. The van der Waals surface area contributed by atoms with E-state index in [1.54, 1.807) is 0 Å². The fraction of sp³-hybridized carbons (Fsp3) is 0.118. The zero-order chi connectivity index (χ0) is 13.7. The highest BCUT2D eigenvalue weighted by atomic mass is 16.5. The molecule has 0 unspecified atom stereocenters. The number of nitrogens with zero attached hydrogens (tertiary/aromatic N) is 1. The maximum absolute atomic E-state index is 5.86. The Balaban J connectivity index is 2.30. The van der Waals surface area contributed by atoms with Crippen molar-refractivity contribution in [1.29, 1.82) is 0 Å². The van der Waals surface area contributed by atoms with Crippen molar-refractivity contribution in [3.63, 3.8) is 0 Å². The van der Waals surface area contributed by atoms with E-state index in [-0.39, 0.29) is 0 Å². The van der Waals surface area contributed by atoms with Crippen molar-refractivity contribution in [2.75, 3.05) is 0 Å². The number of benzene rings is 2. The molecule has 2 heteroatoms. The van der Waals surface area contributed by atoms with Gasteiger partial charge in [0.2, 0.25) is 5.90 Å². The Morgan fingerprint density at radius 1 is 1.00 bits per heavy atom. The quantitative estimate of drug-likeness (QED) is 0.573. The van der Waals surface area contributed by atoms with Crippen molar-refractivity contribution in [1.82, 2.24) is 0 Å². The fourth-order valence-electron chi connectivity index (χ4n) is 1.60. The number of para-hydroxylation sites is 2. The highest BCUT2D eigenvalue weighted by molar-refractivity contribution is 5.95. The second-order valence-electron chi connectivity index (χ2n) is 4.40. The van der Waals surface area contributed by atoms with Gasteiger partial charge in [-0.05, 0) is 37.6 Å². The van der Waals surface area contributed by atoms with Crippen molar-refractivity contribution >= 4 is 11.6 Å². The summed E-state index contributed by atoms with van der Waals surface area (Å²) in [5.74, 6) is 1.35. The number of ether oxygens (including phenoxy) is 1. The molecular formula is C17H17NO. The molecule has 2 nitrogen and oxygen atoms in total. The predicted octanol–water partition coefficient (Wildman–Crippen LogP) is 4.68. The first kappa shape index (κ1) is 13.1. The Labute approximate surface area is 114 Å². The number of hydrogen-bond donors (Lipinski definition) is 0. The van der Waals surface area contributed by atoms with E-state index < -0.39 is 0 Å². The van der Waals surface area contributed by atoms with Crippen molar-refractivity contribution in [2.45, 2.75) is 13.8 Å². The zero-order valence-corrected chi connectivity index (χ0v) is 11.3. The van der Waals surface area contributed by atoms with Gasteiger partial charge in [-0.2, -0.15) is 0 Å². The van der Waals surface area contributed by atoms with E-state index in [0.717, 1.165) is 22.6 Å². The van der Waals surface area contributed by atoms with Crippen LogP contribution >= 0.6 is 0 Å². The summed E-state index contributed by atoms with van der Waals surface area (Å²) < 4.78 is 5.86. The van der Waals surface area contributed by atoms with Crippen LogP contribution in [0.5, 0.6) is 5.75 Å². The molecular weight excluding hydrogens is 234 g/mol. The highest BCUT2D eigenvalue weighted by Gasteiger charge is 2.06. The summed E-state index contributed by atoms with van der Waals surface area (Å²) in [6.45, 7) is 7.82. The van der Waals surface area contributed by atoms with Crippen LogP contribution in [0.4, 0.5) is 5.69 Å². The van der Waals surface area contributed by atoms with Crippen molar-refractivity contribution in [3.8, 4) is 5.75 Å². The molecule has 2 rings (SSSR count). The van der Waals surface area contributed by atoms with Gasteiger partial charge >= 0.3 is 0 Å². The summed E-state index contributed by atoms with van der Waals surface area (Å²) >= 11 is 0. The number of aryl methyl sites for hydroxylation is 1. The molecule has 96 valence electrons. The average Bonchev–Trinajstić information content (AvgIpc) is 2.41. The molecule has 0 N–H and O–H groups in total. The molecule has 0 aliphatic rings. The lowest BCUT2D eigenvalue weighted by Crippen LogP contribution is -2.09. The number of hydrogen-bond acceptors (Lipinski definition) is 2. The molecule has 0 saturated heterocycles. The van der Waals surface area contributed by atoms with Gasteiger partial charge in [0, 0.05) is 5.57 Å². The number of rotatable bonds is 3. The van der Waals surface area contributed by atoms with Crippen LogP contribution in [0.2, 0.25) is 0 Å². The maximum Gasteiger partial charge on any atom is 0.222 e. The van der Waals surface area contributed by atoms with E-state index >= 15 is 0 Å². The number of aliphatic imine (C=N–C) groups is 1. The van der Waals surface area contributed by atoms with Gasteiger partial charge < -0.3 is 4.74 Å². The van der Waals surface area contributed by atoms with Gasteiger partial charge in [0.15, 0.2) is 0 Å². The summed E-state index contributed by atoms with van der Waals surface area (Å²) in [6, 6.07) is 17.6. The van der Waals surface area contributed by atoms with Crippen molar-refractivity contribution in [3.05, 3.63) is 72.3 Å². The second-order valence-corrected chi connectivity index (χ2v) is 4.40. The van der Waals surface area contributed by atoms with Crippen LogP contribution in [0, 0.1) is 6.92 Å². The lowest BCUT2D eigenvalue weighted by molar-refractivity contribution is 0.547. The molecule has 2 aromatic rings. The zero-order valence-electron chi connectivity index (χ0n) is 11.3. The Kier molecular flexibility index (Phi) is 4.14. The monoisotopic (exact) mass is 251 g/mol. The van der Waals surface area contributed by atoms with Gasteiger partial charge in [-0.1, -0.05) is 43.0 Å². The lowest BCUT2D eigenvalue weighted by Gasteiger charge is -2.10. The van der Waals surface area contributed by atoms with Crippen LogP contribution in [-0.2, 0) is 0 Å². The Bertz CT molecular complexity index is 600. The van der Waals surface area contributed by atoms with Gasteiger partial charge in [-0.15, -0.1) is 0 Å². The summed E-state index contributed by atoms with van der Waals surface area (Å²) in [5, 5.41) is 0. The third-order valence-corrected chi connectivity index (χ3v) is 2.65. The van der Waals surface area contributed by atoms with Crippen LogP contribution in [0.1, 0.15) is 12.5 Å². The fourth-order valence-corrected chi connectivity index (χ4v) is 1.60. The SMILES string of the molecule is C=C(C)C(=Nc1ccccc1)Oc1ccccc1C. The molecule has 0 radical (unpaired) electrons. The second kappa shape index (κ2) is 6.01. The largest absolute Gasteiger partial charge is 0.438 e. The summed E-state index contributed by atoms with van der Waals surface area (Å²) in [7, 11) is 0. The van der Waals surface area contributed by atoms with E-state index in [1.807, 2.05) is 68.4 Å². The van der Waals surface area contributed by atoms with Gasteiger partial charge in [0.25, 0.3) is 0 Å². The molecule has 0 fully saturated rings. The molecule has 0 saturated carbocycles. The van der Waals surface area contributed by atoms with Crippen molar-refractivity contribution in [2.24, 2.45) is 4.99 Å². The van der Waals surface area contributed by atoms with Crippen LogP contribution < -0.4 is 4.74 Å². The van der Waals surface area contributed by atoms with Crippen LogP contribution in [0.25, 0.3) is 0 Å². The minimum Gasteiger partial charge on any atom is -0.438 e. The molecule has 0 atom stereocenters. The van der Waals surface area contributed by atoms with Gasteiger partial charge in [-0.3, -0.25) is 0 Å². The van der Waals surface area contributed by atoms with Gasteiger partial charge in [0.1, 0.15) is 5.75 Å². The molecule has 2 aromatic carbocycles. The van der Waals surface area contributed by atoms with E-state index in [4.69, 9.17) is 4.74 Å². The van der Waals surface area contributed by atoms with E-state index in [9.17, 15) is 0 Å². The molecule has 0 spiro atoms. The maximum atomic E-state index is 5.86. The summed E-state index contributed by atoms with van der Waals surface area (Å²) in [6.07, 6.45) is 0. The first-order valence-electron chi connectivity index (χ1n) is 6.20. The Hall–Kier alpha value is -2.35. The molecule has 0 amide bonds. The minimum absolute atomic E-state index is 0.542. The average molecular weight is 251 g/mol. The standard InChI is InChI=1S/C17H17NO/c1-13(2)17(18-15-10-5-4-6-11-15)19-16-12-8-7-9-14(16)3/h4-12H,1H2,2-3H3. The van der Waals surface area contributed by atoms with E-state index in [0.29, 0.717) is 5.90 Å². The highest BCUT2D eigenvalue weighted by Crippen LogP contribution is 2.20. The van der Waals surface area contributed by atoms with Gasteiger partial charge in [0.05, 0.1) is 5.69 Å². The van der Waals surface area contributed by atoms with Crippen LogP contribution in [0.15, 0.2) is 71.7 Å². The molecule has 0 aliphatic heterocycles. The van der Waals surface area contributed by atoms with E-state index in [2.05, 4.69) is 11.6 Å². The Morgan fingerprint density at radius 3 is 2.26 bits per heavy atom. The van der Waals surface area contributed by atoms with E-state index in [1.165, 1.54) is 0 Å². The summed E-state index contributed by atoms with van der Waals surface area (Å²) in [4.78, 5) is 4.49. The van der Waals surface area contributed by atoms with Crippen LogP contribution in [0.3, 0.4) is 0 Å². The Morgan fingerprint density at radius 2 is 1.63 bits per heavy atom. The topological polar surface area (TPSA) is 21.6 Å². The summed E-state index contributed by atoms with van der Waals surface area (Å²) in [5.41, 5.74) is 2.73. The van der Waals surface area contributed by atoms with Gasteiger partial charge in [-0.25, -0.2) is 4.99 Å². The lowest BCUT2D eigenvalue weighted by atomic mass is 10.2. The molecule has 0 heterocycles. The molecule has 0 aliphatic carbocycles. The van der Waals surface area contributed by atoms with Crippen LogP contribution in [-0.4, -0.2) is 5.90 Å². The predicted molar refractivity (Wildman–Crippen MR) is 80.2 cm³/mol. The smallest absolute Gasteiger partial charge is 0.222 e. The first-order valence-corrected chi connectivity index (χ1v) is 6.20.